The van der Waals surface area contributed by atoms with Crippen LogP contribution in [0, 0.1) is 0 Å². The molecule has 1 saturated carbocycles. The summed E-state index contributed by atoms with van der Waals surface area (Å²) in [5, 5.41) is 5.21. The minimum atomic E-state index is -0.423. The normalized spacial score (nSPS) is 21.0. The number of hydrogen-bond acceptors (Lipinski definition) is 7. The second-order valence-corrected chi connectivity index (χ2v) is 7.60. The molecule has 1 aliphatic heterocycles. The van der Waals surface area contributed by atoms with Crippen molar-refractivity contribution >= 4 is 28.7 Å². The molecular formula is C19H26N6O3. The number of amides is 1. The first-order valence-electron chi connectivity index (χ1n) is 9.81. The van der Waals surface area contributed by atoms with E-state index in [-0.39, 0.29) is 12.5 Å². The molecule has 0 N–H and O–H groups in total. The summed E-state index contributed by atoms with van der Waals surface area (Å²) in [7, 11) is 3.21. The number of aromatic nitrogens is 4. The molecule has 1 amide bonds. The number of ether oxygens (including phenoxy) is 1. The Morgan fingerprint density at radius 2 is 2.00 bits per heavy atom. The molecule has 1 saturated heterocycles. The smallest absolute Gasteiger partial charge is 0.325 e. The average molecular weight is 386 g/mol. The summed E-state index contributed by atoms with van der Waals surface area (Å²) in [5.74, 6) is 1.47. The summed E-state index contributed by atoms with van der Waals surface area (Å²) in [6.45, 7) is 2.87. The van der Waals surface area contributed by atoms with Gasteiger partial charge in [0, 0.05) is 26.1 Å². The van der Waals surface area contributed by atoms with Gasteiger partial charge in [-0.2, -0.15) is 5.10 Å². The van der Waals surface area contributed by atoms with Gasteiger partial charge < -0.3 is 14.5 Å². The Morgan fingerprint density at radius 3 is 2.71 bits per heavy atom. The number of carbonyl (C=O) groups excluding carboxylic acids is 2. The number of methoxy groups -OCH3 is 1. The zero-order chi connectivity index (χ0) is 19.8. The van der Waals surface area contributed by atoms with E-state index in [1.165, 1.54) is 20.0 Å². The van der Waals surface area contributed by atoms with E-state index in [9.17, 15) is 9.59 Å². The van der Waals surface area contributed by atoms with E-state index in [0.717, 1.165) is 35.5 Å². The van der Waals surface area contributed by atoms with Gasteiger partial charge in [0.15, 0.2) is 5.65 Å². The maximum Gasteiger partial charge on any atom is 0.325 e. The highest BCUT2D eigenvalue weighted by atomic mass is 16.5. The van der Waals surface area contributed by atoms with E-state index in [1.807, 2.05) is 18.9 Å². The number of fused-ring (bicyclic) bond motifs is 1. The van der Waals surface area contributed by atoms with Gasteiger partial charge >= 0.3 is 5.97 Å². The molecule has 0 spiro atoms. The first kappa shape index (κ1) is 18.6. The van der Waals surface area contributed by atoms with Gasteiger partial charge in [-0.05, 0) is 19.8 Å². The van der Waals surface area contributed by atoms with Crippen LogP contribution in [0.5, 0.6) is 0 Å². The molecule has 0 bridgehead atoms. The second-order valence-electron chi connectivity index (χ2n) is 7.60. The fourth-order valence-electron chi connectivity index (χ4n) is 4.21. The number of aryl methyl sites for hydroxylation is 1. The fourth-order valence-corrected chi connectivity index (χ4v) is 4.21. The molecule has 150 valence electrons. The van der Waals surface area contributed by atoms with Crippen LogP contribution in [0.4, 0.5) is 5.82 Å². The van der Waals surface area contributed by atoms with Crippen molar-refractivity contribution in [3.05, 3.63) is 12.0 Å². The molecule has 9 nitrogen and oxygen atoms in total. The lowest BCUT2D eigenvalue weighted by Crippen LogP contribution is -2.57. The zero-order valence-electron chi connectivity index (χ0n) is 16.6. The SMILES string of the molecule is COC(=O)CN1CCN(c2nc(C3CCCC3)nc3c2cnn3C)C(C)C1=O. The monoisotopic (exact) mass is 386 g/mol. The number of hydrogen-bond donors (Lipinski definition) is 0. The number of rotatable bonds is 4. The van der Waals surface area contributed by atoms with E-state index in [4.69, 9.17) is 14.7 Å². The Morgan fingerprint density at radius 1 is 1.25 bits per heavy atom. The van der Waals surface area contributed by atoms with Crippen LogP contribution < -0.4 is 4.90 Å². The molecule has 2 aliphatic rings. The summed E-state index contributed by atoms with van der Waals surface area (Å²) in [6.07, 6.45) is 6.37. The van der Waals surface area contributed by atoms with Crippen molar-refractivity contribution in [2.75, 3.05) is 31.6 Å². The Labute approximate surface area is 163 Å². The lowest BCUT2D eigenvalue weighted by molar-refractivity contribution is -0.148. The lowest BCUT2D eigenvalue weighted by Gasteiger charge is -2.39. The molecule has 1 unspecified atom stereocenters. The summed E-state index contributed by atoms with van der Waals surface area (Å²) in [6, 6.07) is -0.423. The van der Waals surface area contributed by atoms with Crippen molar-refractivity contribution in [3.8, 4) is 0 Å². The first-order valence-corrected chi connectivity index (χ1v) is 9.81. The molecular weight excluding hydrogens is 360 g/mol. The predicted octanol–water partition coefficient (Wildman–Crippen LogP) is 1.23. The van der Waals surface area contributed by atoms with Crippen LogP contribution in [0.25, 0.3) is 11.0 Å². The van der Waals surface area contributed by atoms with Gasteiger partial charge in [-0.15, -0.1) is 0 Å². The maximum absolute atomic E-state index is 12.9. The summed E-state index contributed by atoms with van der Waals surface area (Å²) >= 11 is 0. The number of nitrogens with zero attached hydrogens (tertiary/aromatic N) is 6. The molecule has 3 heterocycles. The van der Waals surface area contributed by atoms with Crippen LogP contribution in [-0.4, -0.2) is 69.3 Å². The third kappa shape index (κ3) is 3.18. The van der Waals surface area contributed by atoms with Crippen molar-refractivity contribution in [2.24, 2.45) is 7.05 Å². The lowest BCUT2D eigenvalue weighted by atomic mass is 10.1. The van der Waals surface area contributed by atoms with Crippen LogP contribution in [0.15, 0.2) is 6.20 Å². The Bertz CT molecular complexity index is 904. The van der Waals surface area contributed by atoms with Crippen molar-refractivity contribution in [2.45, 2.75) is 44.6 Å². The number of esters is 1. The van der Waals surface area contributed by atoms with E-state index in [0.29, 0.717) is 19.0 Å². The zero-order valence-corrected chi connectivity index (χ0v) is 16.6. The highest BCUT2D eigenvalue weighted by Gasteiger charge is 2.35. The van der Waals surface area contributed by atoms with Crippen LogP contribution in [0.3, 0.4) is 0 Å². The first-order chi connectivity index (χ1) is 13.5. The fraction of sp³-hybridized carbons (Fsp3) is 0.632. The summed E-state index contributed by atoms with van der Waals surface area (Å²) in [5.41, 5.74) is 0.795. The summed E-state index contributed by atoms with van der Waals surface area (Å²) < 4.78 is 6.47. The molecule has 2 aromatic rings. The second kappa shape index (κ2) is 7.37. The number of carbonyl (C=O) groups is 2. The van der Waals surface area contributed by atoms with Gasteiger partial charge in [-0.1, -0.05) is 12.8 Å². The molecule has 28 heavy (non-hydrogen) atoms. The highest BCUT2D eigenvalue weighted by Crippen LogP contribution is 2.35. The molecule has 9 heteroatoms. The van der Waals surface area contributed by atoms with Crippen molar-refractivity contribution in [1.82, 2.24) is 24.6 Å². The van der Waals surface area contributed by atoms with Crippen molar-refractivity contribution < 1.29 is 14.3 Å². The highest BCUT2D eigenvalue weighted by molar-refractivity contribution is 5.93. The Balaban J connectivity index is 1.68. The minimum Gasteiger partial charge on any atom is -0.468 e. The van der Waals surface area contributed by atoms with Crippen molar-refractivity contribution in [1.29, 1.82) is 0 Å². The summed E-state index contributed by atoms with van der Waals surface area (Å²) in [4.78, 5) is 37.7. The standard InChI is InChI=1S/C19H26N6O3/c1-12-19(27)24(11-15(26)28-3)8-9-25(12)18-14-10-20-23(2)17(14)21-16(22-18)13-6-4-5-7-13/h10,12-13H,4-9,11H2,1-3H3. The quantitative estimate of drug-likeness (QED) is 0.730. The van der Waals surface area contributed by atoms with E-state index in [1.54, 1.807) is 15.8 Å². The van der Waals surface area contributed by atoms with Crippen LogP contribution in [0.1, 0.15) is 44.3 Å². The van der Waals surface area contributed by atoms with Crippen molar-refractivity contribution in [3.63, 3.8) is 0 Å². The largest absolute Gasteiger partial charge is 0.468 e. The van der Waals surface area contributed by atoms with E-state index < -0.39 is 12.0 Å². The Kier molecular flexibility index (Phi) is 4.91. The molecule has 0 radical (unpaired) electrons. The van der Waals surface area contributed by atoms with Crippen LogP contribution in [0.2, 0.25) is 0 Å². The molecule has 2 fully saturated rings. The molecule has 1 atom stereocenters. The third-order valence-corrected chi connectivity index (χ3v) is 5.88. The maximum atomic E-state index is 12.9. The van der Waals surface area contributed by atoms with Crippen LogP contribution >= 0.6 is 0 Å². The number of piperazine rings is 1. The van der Waals surface area contributed by atoms with Gasteiger partial charge in [-0.25, -0.2) is 9.97 Å². The molecule has 1 aliphatic carbocycles. The van der Waals surface area contributed by atoms with Gasteiger partial charge in [0.05, 0.1) is 18.7 Å². The van der Waals surface area contributed by atoms with Gasteiger partial charge in [-0.3, -0.25) is 14.3 Å². The third-order valence-electron chi connectivity index (χ3n) is 5.88. The minimum absolute atomic E-state index is 0.0209. The van der Waals surface area contributed by atoms with Gasteiger partial charge in [0.2, 0.25) is 5.91 Å². The molecule has 2 aromatic heterocycles. The molecule has 0 aromatic carbocycles. The average Bonchev–Trinajstić information content (AvgIpc) is 3.35. The topological polar surface area (TPSA) is 93.4 Å². The van der Waals surface area contributed by atoms with Gasteiger partial charge in [0.1, 0.15) is 24.2 Å². The van der Waals surface area contributed by atoms with Gasteiger partial charge in [0.25, 0.3) is 0 Å². The number of anilines is 1. The predicted molar refractivity (Wildman–Crippen MR) is 103 cm³/mol. The Hall–Kier alpha value is -2.71. The van der Waals surface area contributed by atoms with E-state index in [2.05, 4.69) is 5.10 Å². The van der Waals surface area contributed by atoms with E-state index >= 15 is 0 Å². The molecule has 4 rings (SSSR count). The van der Waals surface area contributed by atoms with Crippen LogP contribution in [-0.2, 0) is 21.4 Å².